The van der Waals surface area contributed by atoms with Crippen molar-refractivity contribution in [3.8, 4) is 28.8 Å². The van der Waals surface area contributed by atoms with E-state index in [1.54, 1.807) is 18.2 Å². The molecule has 0 saturated heterocycles. The van der Waals surface area contributed by atoms with Crippen LogP contribution in [-0.2, 0) is 0 Å². The summed E-state index contributed by atoms with van der Waals surface area (Å²) in [5.74, 6) is 1.38. The van der Waals surface area contributed by atoms with Crippen LogP contribution in [0.2, 0.25) is 10.0 Å². The van der Waals surface area contributed by atoms with E-state index < -0.39 is 0 Å². The van der Waals surface area contributed by atoms with E-state index in [2.05, 4.69) is 11.1 Å². The maximum Gasteiger partial charge on any atom is 0.134 e. The number of rotatable bonds is 7. The lowest BCUT2D eigenvalue weighted by Crippen LogP contribution is -1.97. The smallest absolute Gasteiger partial charge is 0.134 e. The van der Waals surface area contributed by atoms with Crippen molar-refractivity contribution < 1.29 is 9.47 Å². The number of nitriles is 1. The van der Waals surface area contributed by atoms with Crippen LogP contribution in [0.15, 0.2) is 41.8 Å². The first-order valence-corrected chi connectivity index (χ1v) is 10.6. The van der Waals surface area contributed by atoms with Crippen molar-refractivity contribution in [3.05, 3.63) is 62.4 Å². The molecule has 3 rings (SSSR count). The molecule has 148 valence electrons. The summed E-state index contributed by atoms with van der Waals surface area (Å²) in [6, 6.07) is 13.0. The van der Waals surface area contributed by atoms with E-state index in [1.807, 2.05) is 43.5 Å². The molecule has 0 amide bonds. The van der Waals surface area contributed by atoms with Crippen molar-refractivity contribution in [1.29, 1.82) is 5.26 Å². The fourth-order valence-corrected chi connectivity index (χ4v) is 3.98. The highest BCUT2D eigenvalue weighted by Gasteiger charge is 2.13. The molecule has 0 atom stereocenters. The summed E-state index contributed by atoms with van der Waals surface area (Å²) in [5.41, 5.74) is 2.70. The van der Waals surface area contributed by atoms with Gasteiger partial charge in [-0.05, 0) is 50.3 Å². The van der Waals surface area contributed by atoms with Crippen LogP contribution in [0, 0.1) is 11.3 Å². The molecule has 29 heavy (non-hydrogen) atoms. The summed E-state index contributed by atoms with van der Waals surface area (Å²) >= 11 is 13.6. The third-order valence-electron chi connectivity index (χ3n) is 3.96. The normalized spacial score (nSPS) is 11.2. The number of ether oxygens (including phenoxy) is 2. The molecule has 0 aliphatic heterocycles. The van der Waals surface area contributed by atoms with Crippen LogP contribution >= 0.6 is 34.5 Å². The zero-order valence-corrected chi connectivity index (χ0v) is 18.2. The van der Waals surface area contributed by atoms with Crippen LogP contribution in [0.25, 0.3) is 22.9 Å². The maximum atomic E-state index is 9.71. The number of hydrogen-bond donors (Lipinski definition) is 0. The predicted octanol–water partition coefficient (Wildman–Crippen LogP) is 6.98. The second kappa shape index (κ2) is 9.80. The Morgan fingerprint density at radius 2 is 1.93 bits per heavy atom. The number of benzene rings is 2. The Hall–Kier alpha value is -2.52. The van der Waals surface area contributed by atoms with Gasteiger partial charge in [0, 0.05) is 27.6 Å². The predicted molar refractivity (Wildman–Crippen MR) is 120 cm³/mol. The zero-order chi connectivity index (χ0) is 20.8. The minimum absolute atomic E-state index is 0.441. The average molecular weight is 445 g/mol. The summed E-state index contributed by atoms with van der Waals surface area (Å²) in [7, 11) is 0. The minimum atomic E-state index is 0.441. The molecule has 0 fully saturated rings. The van der Waals surface area contributed by atoms with Crippen molar-refractivity contribution in [3.63, 3.8) is 0 Å². The highest BCUT2D eigenvalue weighted by atomic mass is 35.5. The highest BCUT2D eigenvalue weighted by Crippen LogP contribution is 2.34. The number of hydrogen-bond acceptors (Lipinski definition) is 5. The minimum Gasteiger partial charge on any atom is -0.494 e. The molecular formula is C22H18Cl2N2O2S. The lowest BCUT2D eigenvalue weighted by molar-refractivity contribution is 0.322. The van der Waals surface area contributed by atoms with Crippen LogP contribution in [0.3, 0.4) is 0 Å². The first-order valence-electron chi connectivity index (χ1n) is 8.98. The maximum absolute atomic E-state index is 9.71. The molecule has 0 aliphatic carbocycles. The molecule has 0 saturated carbocycles. The molecule has 1 heterocycles. The molecule has 3 aromatic rings. The van der Waals surface area contributed by atoms with Crippen molar-refractivity contribution >= 4 is 46.2 Å². The second-order valence-corrected chi connectivity index (χ2v) is 7.60. The molecule has 0 radical (unpaired) electrons. The summed E-state index contributed by atoms with van der Waals surface area (Å²) in [4.78, 5) is 4.60. The molecule has 0 unspecified atom stereocenters. The topological polar surface area (TPSA) is 55.1 Å². The lowest BCUT2D eigenvalue weighted by Gasteiger charge is -2.10. The fraction of sp³-hybridized carbons (Fsp3) is 0.182. The first-order chi connectivity index (χ1) is 14.0. The van der Waals surface area contributed by atoms with Gasteiger partial charge in [-0.3, -0.25) is 0 Å². The Kier molecular flexibility index (Phi) is 7.16. The molecule has 0 N–H and O–H groups in total. The molecule has 0 bridgehead atoms. The van der Waals surface area contributed by atoms with Crippen LogP contribution < -0.4 is 9.47 Å². The van der Waals surface area contributed by atoms with E-state index in [4.69, 9.17) is 32.7 Å². The number of thiazole rings is 1. The number of halogens is 2. The van der Waals surface area contributed by atoms with Crippen LogP contribution in [0.1, 0.15) is 24.4 Å². The Morgan fingerprint density at radius 3 is 2.62 bits per heavy atom. The highest BCUT2D eigenvalue weighted by molar-refractivity contribution is 7.11. The molecule has 4 nitrogen and oxygen atoms in total. The lowest BCUT2D eigenvalue weighted by atomic mass is 10.1. The molecule has 0 aliphatic rings. The van der Waals surface area contributed by atoms with Crippen LogP contribution in [-0.4, -0.2) is 18.2 Å². The van der Waals surface area contributed by atoms with E-state index in [1.165, 1.54) is 11.3 Å². The SMILES string of the molecule is CCOc1ccc(/C=C(\C#N)c2nc(-c3ccc(Cl)cc3Cl)cs2)c(OCC)c1. The summed E-state index contributed by atoms with van der Waals surface area (Å²) < 4.78 is 11.3. The van der Waals surface area contributed by atoms with Gasteiger partial charge < -0.3 is 9.47 Å². The van der Waals surface area contributed by atoms with Gasteiger partial charge in [-0.2, -0.15) is 5.26 Å². The quantitative estimate of drug-likeness (QED) is 0.368. The van der Waals surface area contributed by atoms with Crippen molar-refractivity contribution in [1.82, 2.24) is 4.98 Å². The van der Waals surface area contributed by atoms with Gasteiger partial charge >= 0.3 is 0 Å². The van der Waals surface area contributed by atoms with E-state index in [9.17, 15) is 5.26 Å². The Morgan fingerprint density at radius 1 is 1.14 bits per heavy atom. The molecule has 2 aromatic carbocycles. The van der Waals surface area contributed by atoms with Gasteiger partial charge in [0.05, 0.1) is 29.5 Å². The van der Waals surface area contributed by atoms with Crippen molar-refractivity contribution in [2.24, 2.45) is 0 Å². The summed E-state index contributed by atoms with van der Waals surface area (Å²) in [5, 5.41) is 13.3. The third kappa shape index (κ3) is 5.10. The molecular weight excluding hydrogens is 427 g/mol. The molecule has 7 heteroatoms. The summed E-state index contributed by atoms with van der Waals surface area (Å²) in [6.45, 7) is 4.91. The van der Waals surface area contributed by atoms with Gasteiger partial charge in [-0.15, -0.1) is 11.3 Å². The van der Waals surface area contributed by atoms with Crippen LogP contribution in [0.5, 0.6) is 11.5 Å². The third-order valence-corrected chi connectivity index (χ3v) is 5.38. The zero-order valence-electron chi connectivity index (χ0n) is 15.9. The van der Waals surface area contributed by atoms with Gasteiger partial charge in [0.2, 0.25) is 0 Å². The molecule has 1 aromatic heterocycles. The Balaban J connectivity index is 1.97. The largest absolute Gasteiger partial charge is 0.494 e. The van der Waals surface area contributed by atoms with E-state index in [0.717, 1.165) is 16.9 Å². The number of nitrogens with zero attached hydrogens (tertiary/aromatic N) is 2. The van der Waals surface area contributed by atoms with Crippen molar-refractivity contribution in [2.75, 3.05) is 13.2 Å². The van der Waals surface area contributed by atoms with Gasteiger partial charge in [0.25, 0.3) is 0 Å². The first kappa shape index (κ1) is 21.2. The molecule has 0 spiro atoms. The van der Waals surface area contributed by atoms with Gasteiger partial charge in [-0.1, -0.05) is 23.2 Å². The van der Waals surface area contributed by atoms with Crippen LogP contribution in [0.4, 0.5) is 0 Å². The number of allylic oxidation sites excluding steroid dienone is 1. The Labute approximate surface area is 183 Å². The van der Waals surface area contributed by atoms with Gasteiger partial charge in [0.1, 0.15) is 22.6 Å². The van der Waals surface area contributed by atoms with E-state index >= 15 is 0 Å². The summed E-state index contributed by atoms with van der Waals surface area (Å²) in [6.07, 6.45) is 1.77. The van der Waals surface area contributed by atoms with Gasteiger partial charge in [-0.25, -0.2) is 4.98 Å². The standard InChI is InChI=1S/C22H18Cl2N2O2S/c1-3-27-17-7-5-14(21(11-17)28-4-2)9-15(12-25)22-26-20(13-29-22)18-8-6-16(23)10-19(18)24/h5-11,13H,3-4H2,1-2H3/b15-9+. The fourth-order valence-electron chi connectivity index (χ4n) is 2.69. The number of aromatic nitrogens is 1. The average Bonchev–Trinajstić information content (AvgIpc) is 3.17. The second-order valence-electron chi connectivity index (χ2n) is 5.90. The van der Waals surface area contributed by atoms with E-state index in [-0.39, 0.29) is 0 Å². The van der Waals surface area contributed by atoms with Gasteiger partial charge in [0.15, 0.2) is 0 Å². The van der Waals surface area contributed by atoms with E-state index in [0.29, 0.717) is 45.3 Å². The monoisotopic (exact) mass is 444 g/mol. The van der Waals surface area contributed by atoms with Crippen molar-refractivity contribution in [2.45, 2.75) is 13.8 Å². The Bertz CT molecular complexity index is 1090.